The average molecular weight is 251 g/mol. The zero-order valence-electron chi connectivity index (χ0n) is 11.3. The Labute approximate surface area is 110 Å². The fraction of sp³-hybridized carbons (Fsp3) is 0.733. The van der Waals surface area contributed by atoms with E-state index in [1.165, 1.54) is 30.6 Å². The topological polar surface area (TPSA) is 12.0 Å². The quantitative estimate of drug-likeness (QED) is 0.746. The second kappa shape index (κ2) is 6.01. The monoisotopic (exact) mass is 251 g/mol. The maximum Gasteiger partial charge on any atom is 0.0445 e. The fourth-order valence-electron chi connectivity index (χ4n) is 2.32. The van der Waals surface area contributed by atoms with Crippen LogP contribution in [-0.4, -0.2) is 6.04 Å². The molecule has 0 aromatic carbocycles. The van der Waals surface area contributed by atoms with Gasteiger partial charge in [0.1, 0.15) is 0 Å². The minimum Gasteiger partial charge on any atom is -0.306 e. The third kappa shape index (κ3) is 4.11. The molecular weight excluding hydrogens is 226 g/mol. The Morgan fingerprint density at radius 3 is 2.59 bits per heavy atom. The van der Waals surface area contributed by atoms with Crippen molar-refractivity contribution < 1.29 is 0 Å². The molecule has 0 radical (unpaired) electrons. The third-order valence-corrected chi connectivity index (χ3v) is 4.54. The lowest BCUT2D eigenvalue weighted by Gasteiger charge is -2.23. The van der Waals surface area contributed by atoms with Gasteiger partial charge < -0.3 is 5.32 Å². The van der Waals surface area contributed by atoms with Gasteiger partial charge in [0, 0.05) is 17.0 Å². The van der Waals surface area contributed by atoms with Crippen LogP contribution in [0.4, 0.5) is 0 Å². The van der Waals surface area contributed by atoms with Gasteiger partial charge in [-0.1, -0.05) is 19.9 Å². The average Bonchev–Trinajstić information content (AvgIpc) is 2.98. The number of nitrogens with one attached hydrogen (secondary N) is 1. The van der Waals surface area contributed by atoms with Gasteiger partial charge in [0.25, 0.3) is 0 Å². The van der Waals surface area contributed by atoms with Crippen molar-refractivity contribution in [3.05, 3.63) is 22.4 Å². The van der Waals surface area contributed by atoms with Crippen molar-refractivity contribution in [3.8, 4) is 0 Å². The summed E-state index contributed by atoms with van der Waals surface area (Å²) in [5, 5.41) is 6.05. The highest BCUT2D eigenvalue weighted by Gasteiger charge is 2.33. The van der Waals surface area contributed by atoms with Crippen molar-refractivity contribution in [1.82, 2.24) is 5.32 Å². The summed E-state index contributed by atoms with van der Waals surface area (Å²) >= 11 is 1.90. The van der Waals surface area contributed by atoms with Gasteiger partial charge in [-0.2, -0.15) is 0 Å². The number of rotatable bonds is 7. The van der Waals surface area contributed by atoms with Crippen molar-refractivity contribution in [2.45, 2.75) is 58.5 Å². The predicted octanol–water partition coefficient (Wildman–Crippen LogP) is 4.61. The summed E-state index contributed by atoms with van der Waals surface area (Å²) in [6.45, 7) is 6.96. The molecule has 2 heteroatoms. The van der Waals surface area contributed by atoms with Gasteiger partial charge in [-0.25, -0.2) is 0 Å². The lowest BCUT2D eigenvalue weighted by Crippen LogP contribution is -2.31. The first kappa shape index (κ1) is 13.1. The summed E-state index contributed by atoms with van der Waals surface area (Å²) < 4.78 is 0. The number of hydrogen-bond acceptors (Lipinski definition) is 2. The Morgan fingerprint density at radius 2 is 2.06 bits per heavy atom. The Morgan fingerprint density at radius 1 is 1.29 bits per heavy atom. The van der Waals surface area contributed by atoms with E-state index in [1.807, 2.05) is 11.3 Å². The van der Waals surface area contributed by atoms with Crippen LogP contribution in [0, 0.1) is 11.8 Å². The lowest BCUT2D eigenvalue weighted by molar-refractivity contribution is 0.384. The van der Waals surface area contributed by atoms with E-state index in [4.69, 9.17) is 0 Å². The molecule has 1 aromatic heterocycles. The zero-order chi connectivity index (χ0) is 12.3. The second-order valence-electron chi connectivity index (χ2n) is 5.87. The molecule has 1 fully saturated rings. The smallest absolute Gasteiger partial charge is 0.0445 e. The van der Waals surface area contributed by atoms with E-state index in [2.05, 4.69) is 43.6 Å². The molecule has 2 rings (SSSR count). The molecule has 2 unspecified atom stereocenters. The molecule has 17 heavy (non-hydrogen) atoms. The first-order valence-electron chi connectivity index (χ1n) is 6.96. The van der Waals surface area contributed by atoms with E-state index in [9.17, 15) is 0 Å². The van der Waals surface area contributed by atoms with Gasteiger partial charge in [-0.05, 0) is 55.9 Å². The summed E-state index contributed by atoms with van der Waals surface area (Å²) in [6, 6.07) is 5.73. The summed E-state index contributed by atoms with van der Waals surface area (Å²) in [5.74, 6) is 1.72. The largest absolute Gasteiger partial charge is 0.306 e. The fourth-order valence-corrected chi connectivity index (χ4v) is 3.20. The molecule has 0 saturated heterocycles. The van der Waals surface area contributed by atoms with E-state index in [-0.39, 0.29) is 0 Å². The third-order valence-electron chi connectivity index (χ3n) is 3.58. The van der Waals surface area contributed by atoms with Crippen LogP contribution in [0.1, 0.15) is 57.4 Å². The minimum atomic E-state index is 0.622. The van der Waals surface area contributed by atoms with Gasteiger partial charge in [-0.15, -0.1) is 11.3 Å². The normalized spacial score (nSPS) is 19.5. The van der Waals surface area contributed by atoms with Gasteiger partial charge in [0.05, 0.1) is 0 Å². The van der Waals surface area contributed by atoms with Crippen LogP contribution in [0.15, 0.2) is 17.5 Å². The predicted molar refractivity (Wildman–Crippen MR) is 76.5 cm³/mol. The summed E-state index contributed by atoms with van der Waals surface area (Å²) in [4.78, 5) is 1.53. The molecule has 96 valence electrons. The summed E-state index contributed by atoms with van der Waals surface area (Å²) in [7, 11) is 0. The highest BCUT2D eigenvalue weighted by molar-refractivity contribution is 7.10. The van der Waals surface area contributed by atoms with Crippen LogP contribution in [-0.2, 0) is 0 Å². The highest BCUT2D eigenvalue weighted by Crippen LogP contribution is 2.42. The molecule has 1 aliphatic carbocycles. The van der Waals surface area contributed by atoms with E-state index in [1.54, 1.807) is 0 Å². The van der Waals surface area contributed by atoms with Gasteiger partial charge in [-0.3, -0.25) is 0 Å². The zero-order valence-corrected chi connectivity index (χ0v) is 12.1. The lowest BCUT2D eigenvalue weighted by atomic mass is 10.0. The minimum absolute atomic E-state index is 0.622. The van der Waals surface area contributed by atoms with E-state index in [0.29, 0.717) is 12.1 Å². The molecule has 1 heterocycles. The van der Waals surface area contributed by atoms with E-state index >= 15 is 0 Å². The Balaban J connectivity index is 1.85. The SMILES string of the molecule is CC(C)CCC(C)NC(c1cccs1)C1CC1. The standard InChI is InChI=1S/C15H25NS/c1-11(2)6-7-12(3)16-15(13-8-9-13)14-5-4-10-17-14/h4-5,10-13,15-16H,6-9H2,1-3H3. The van der Waals surface area contributed by atoms with Crippen LogP contribution >= 0.6 is 11.3 Å². The molecule has 0 bridgehead atoms. The molecule has 1 aromatic rings. The second-order valence-corrected chi connectivity index (χ2v) is 6.85. The van der Waals surface area contributed by atoms with Crippen molar-refractivity contribution in [2.24, 2.45) is 11.8 Å². The molecule has 2 atom stereocenters. The highest BCUT2D eigenvalue weighted by atomic mass is 32.1. The van der Waals surface area contributed by atoms with Gasteiger partial charge in [0.2, 0.25) is 0 Å². The molecule has 0 amide bonds. The first-order valence-corrected chi connectivity index (χ1v) is 7.84. The van der Waals surface area contributed by atoms with Crippen molar-refractivity contribution in [3.63, 3.8) is 0 Å². The van der Waals surface area contributed by atoms with Crippen LogP contribution in [0.5, 0.6) is 0 Å². The number of thiophene rings is 1. The maximum absolute atomic E-state index is 3.85. The van der Waals surface area contributed by atoms with Crippen LogP contribution in [0.3, 0.4) is 0 Å². The van der Waals surface area contributed by atoms with Crippen LogP contribution in [0.25, 0.3) is 0 Å². The van der Waals surface area contributed by atoms with Gasteiger partial charge in [0.15, 0.2) is 0 Å². The molecule has 1 aliphatic rings. The summed E-state index contributed by atoms with van der Waals surface area (Å²) in [6.07, 6.45) is 5.45. The molecule has 1 nitrogen and oxygen atoms in total. The molecule has 1 saturated carbocycles. The van der Waals surface area contributed by atoms with Crippen molar-refractivity contribution in [1.29, 1.82) is 0 Å². The maximum atomic E-state index is 3.85. The first-order chi connectivity index (χ1) is 8.16. The Bertz CT molecular complexity index is 314. The molecular formula is C15H25NS. The van der Waals surface area contributed by atoms with Crippen molar-refractivity contribution in [2.75, 3.05) is 0 Å². The van der Waals surface area contributed by atoms with Crippen LogP contribution in [0.2, 0.25) is 0 Å². The Kier molecular flexibility index (Phi) is 4.63. The summed E-state index contributed by atoms with van der Waals surface area (Å²) in [5.41, 5.74) is 0. The van der Waals surface area contributed by atoms with Crippen molar-refractivity contribution >= 4 is 11.3 Å². The molecule has 1 N–H and O–H groups in total. The van der Waals surface area contributed by atoms with E-state index < -0.39 is 0 Å². The number of hydrogen-bond donors (Lipinski definition) is 1. The van der Waals surface area contributed by atoms with Crippen LogP contribution < -0.4 is 5.32 Å². The molecule has 0 spiro atoms. The molecule has 0 aliphatic heterocycles. The van der Waals surface area contributed by atoms with E-state index in [0.717, 1.165) is 11.8 Å². The van der Waals surface area contributed by atoms with Gasteiger partial charge >= 0.3 is 0 Å². The Hall–Kier alpha value is -0.340.